The Balaban J connectivity index is 1.53. The number of hydrogen-bond donors (Lipinski definition) is 1. The van der Waals surface area contributed by atoms with Crippen molar-refractivity contribution in [1.82, 2.24) is 19.7 Å². The quantitative estimate of drug-likeness (QED) is 0.380. The molecule has 0 unspecified atom stereocenters. The molecule has 0 saturated carbocycles. The first-order valence-electron chi connectivity index (χ1n) is 9.29. The zero-order valence-electron chi connectivity index (χ0n) is 15.8. The van der Waals surface area contributed by atoms with Crippen molar-refractivity contribution >= 4 is 43.9 Å². The third-order valence-corrected chi connectivity index (χ3v) is 5.70. The SMILES string of the molecule is COCCCn1cc(-c2cncc3scc(Nc4nccc5ccoc45)c23)cn1. The normalized spacial score (nSPS) is 11.5. The van der Waals surface area contributed by atoms with E-state index in [9.17, 15) is 0 Å². The number of fused-ring (bicyclic) bond motifs is 2. The summed E-state index contributed by atoms with van der Waals surface area (Å²) in [6, 6.07) is 3.87. The van der Waals surface area contributed by atoms with Crippen LogP contribution in [-0.4, -0.2) is 33.5 Å². The standard InChI is InChI=1S/C21H19N5O2S/c1-27-7-2-6-26-12-15(9-24-26)16-10-22-11-18-19(16)17(13-29-18)25-21-20-14(3-5-23-21)4-8-28-20/h3-5,8-13H,2,6-7H2,1H3,(H,23,25). The van der Waals surface area contributed by atoms with Crippen molar-refractivity contribution in [2.45, 2.75) is 13.0 Å². The largest absolute Gasteiger partial charge is 0.460 e. The molecule has 0 spiro atoms. The molecule has 5 aromatic heterocycles. The zero-order chi connectivity index (χ0) is 19.6. The molecule has 0 amide bonds. The van der Waals surface area contributed by atoms with E-state index in [2.05, 4.69) is 32.0 Å². The minimum atomic E-state index is 0.699. The van der Waals surface area contributed by atoms with Crippen LogP contribution in [0.1, 0.15) is 6.42 Å². The molecule has 0 bridgehead atoms. The summed E-state index contributed by atoms with van der Waals surface area (Å²) >= 11 is 1.65. The molecule has 1 N–H and O–H groups in total. The molecule has 0 aliphatic heterocycles. The number of nitrogens with one attached hydrogen (secondary N) is 1. The Morgan fingerprint density at radius 3 is 3.14 bits per heavy atom. The highest BCUT2D eigenvalue weighted by molar-refractivity contribution is 7.17. The Morgan fingerprint density at radius 2 is 2.21 bits per heavy atom. The molecule has 0 saturated heterocycles. The highest BCUT2D eigenvalue weighted by Gasteiger charge is 2.15. The van der Waals surface area contributed by atoms with Crippen molar-refractivity contribution in [3.8, 4) is 11.1 Å². The summed E-state index contributed by atoms with van der Waals surface area (Å²) in [5, 5.41) is 12.1. The highest BCUT2D eigenvalue weighted by atomic mass is 32.1. The van der Waals surface area contributed by atoms with Gasteiger partial charge < -0.3 is 14.5 Å². The molecule has 5 heterocycles. The fraction of sp³-hybridized carbons (Fsp3) is 0.190. The zero-order valence-corrected chi connectivity index (χ0v) is 16.6. The topological polar surface area (TPSA) is 78.0 Å². The number of thiophene rings is 1. The van der Waals surface area contributed by atoms with E-state index in [4.69, 9.17) is 9.15 Å². The predicted octanol–water partition coefficient (Wildman–Crippen LogP) is 5.08. The van der Waals surface area contributed by atoms with E-state index in [0.29, 0.717) is 5.82 Å². The van der Waals surface area contributed by atoms with Crippen LogP contribution < -0.4 is 5.32 Å². The molecule has 0 aliphatic carbocycles. The van der Waals surface area contributed by atoms with E-state index in [1.54, 1.807) is 30.9 Å². The summed E-state index contributed by atoms with van der Waals surface area (Å²) in [5.41, 5.74) is 3.79. The Bertz CT molecular complexity index is 1270. The van der Waals surface area contributed by atoms with Gasteiger partial charge in [-0.15, -0.1) is 11.3 Å². The number of pyridine rings is 2. The van der Waals surface area contributed by atoms with Crippen LogP contribution in [0.15, 0.2) is 59.2 Å². The monoisotopic (exact) mass is 405 g/mol. The number of aryl methyl sites for hydroxylation is 1. The van der Waals surface area contributed by atoms with E-state index < -0.39 is 0 Å². The summed E-state index contributed by atoms with van der Waals surface area (Å²) in [7, 11) is 1.71. The minimum absolute atomic E-state index is 0.699. The maximum atomic E-state index is 5.62. The smallest absolute Gasteiger partial charge is 0.176 e. The average molecular weight is 405 g/mol. The second-order valence-corrected chi connectivity index (χ2v) is 7.58. The Kier molecular flexibility index (Phi) is 4.71. The Labute approximate surface area is 171 Å². The number of aromatic nitrogens is 4. The molecule has 0 radical (unpaired) electrons. The Hall–Kier alpha value is -3.23. The summed E-state index contributed by atoms with van der Waals surface area (Å²) in [5.74, 6) is 0.699. The van der Waals surface area contributed by atoms with Gasteiger partial charge in [0.25, 0.3) is 0 Å². The number of methoxy groups -OCH3 is 1. The molecule has 0 atom stereocenters. The van der Waals surface area contributed by atoms with Crippen LogP contribution in [-0.2, 0) is 11.3 Å². The van der Waals surface area contributed by atoms with Crippen LogP contribution in [0.25, 0.3) is 32.2 Å². The molecular weight excluding hydrogens is 386 g/mol. The van der Waals surface area contributed by atoms with E-state index in [1.165, 1.54) is 0 Å². The fourth-order valence-corrected chi connectivity index (χ4v) is 4.29. The fourth-order valence-electron chi connectivity index (χ4n) is 3.41. The van der Waals surface area contributed by atoms with Crippen molar-refractivity contribution in [2.24, 2.45) is 0 Å². The van der Waals surface area contributed by atoms with Gasteiger partial charge in [0.05, 0.1) is 22.8 Å². The number of ether oxygens (including phenoxy) is 1. The molecule has 0 aromatic carbocycles. The lowest BCUT2D eigenvalue weighted by atomic mass is 10.1. The van der Waals surface area contributed by atoms with Gasteiger partial charge in [0.1, 0.15) is 0 Å². The minimum Gasteiger partial charge on any atom is -0.460 e. The van der Waals surface area contributed by atoms with Gasteiger partial charge in [-0.2, -0.15) is 5.10 Å². The van der Waals surface area contributed by atoms with Gasteiger partial charge in [-0.3, -0.25) is 9.67 Å². The lowest BCUT2D eigenvalue weighted by molar-refractivity contribution is 0.189. The second kappa shape index (κ2) is 7.65. The molecule has 7 nitrogen and oxygen atoms in total. The van der Waals surface area contributed by atoms with Crippen molar-refractivity contribution < 1.29 is 9.15 Å². The number of furan rings is 1. The van der Waals surface area contributed by atoms with Crippen molar-refractivity contribution in [3.63, 3.8) is 0 Å². The molecule has 29 heavy (non-hydrogen) atoms. The van der Waals surface area contributed by atoms with Gasteiger partial charge in [-0.1, -0.05) is 0 Å². The molecule has 146 valence electrons. The first kappa shape index (κ1) is 17.8. The van der Waals surface area contributed by atoms with Gasteiger partial charge >= 0.3 is 0 Å². The lowest BCUT2D eigenvalue weighted by Crippen LogP contribution is -2.01. The average Bonchev–Trinajstić information content (AvgIpc) is 3.48. The molecule has 0 aliphatic rings. The second-order valence-electron chi connectivity index (χ2n) is 6.67. The number of rotatable bonds is 7. The Morgan fingerprint density at radius 1 is 1.24 bits per heavy atom. The first-order valence-corrected chi connectivity index (χ1v) is 10.2. The lowest BCUT2D eigenvalue weighted by Gasteiger charge is -2.07. The first-order chi connectivity index (χ1) is 14.3. The van der Waals surface area contributed by atoms with Gasteiger partial charge in [0.15, 0.2) is 11.4 Å². The molecular formula is C21H19N5O2S. The van der Waals surface area contributed by atoms with Gasteiger partial charge in [0.2, 0.25) is 0 Å². The summed E-state index contributed by atoms with van der Waals surface area (Å²) in [6.45, 7) is 1.53. The highest BCUT2D eigenvalue weighted by Crippen LogP contribution is 2.39. The molecule has 5 aromatic rings. The van der Waals surface area contributed by atoms with E-state index in [-0.39, 0.29) is 0 Å². The number of nitrogens with zero attached hydrogens (tertiary/aromatic N) is 4. The molecule has 5 rings (SSSR count). The third kappa shape index (κ3) is 3.37. The van der Waals surface area contributed by atoms with Crippen molar-refractivity contribution in [3.05, 3.63) is 54.8 Å². The van der Waals surface area contributed by atoms with Crippen molar-refractivity contribution in [1.29, 1.82) is 0 Å². The number of hydrogen-bond acceptors (Lipinski definition) is 7. The van der Waals surface area contributed by atoms with E-state index in [0.717, 1.165) is 57.4 Å². The van der Waals surface area contributed by atoms with Crippen LogP contribution in [0.4, 0.5) is 11.5 Å². The van der Waals surface area contributed by atoms with E-state index >= 15 is 0 Å². The van der Waals surface area contributed by atoms with Crippen LogP contribution in [0.2, 0.25) is 0 Å². The van der Waals surface area contributed by atoms with Crippen LogP contribution in [0.5, 0.6) is 0 Å². The maximum Gasteiger partial charge on any atom is 0.176 e. The number of anilines is 2. The predicted molar refractivity (Wildman–Crippen MR) is 115 cm³/mol. The maximum absolute atomic E-state index is 5.62. The van der Waals surface area contributed by atoms with Gasteiger partial charge in [-0.25, -0.2) is 4.98 Å². The summed E-state index contributed by atoms with van der Waals surface area (Å²) in [4.78, 5) is 8.89. The molecule has 0 fully saturated rings. The van der Waals surface area contributed by atoms with E-state index in [1.807, 2.05) is 35.4 Å². The van der Waals surface area contributed by atoms with Crippen LogP contribution >= 0.6 is 11.3 Å². The van der Waals surface area contributed by atoms with Crippen molar-refractivity contribution in [2.75, 3.05) is 19.0 Å². The summed E-state index contributed by atoms with van der Waals surface area (Å²) < 4.78 is 13.8. The summed E-state index contributed by atoms with van der Waals surface area (Å²) in [6.07, 6.45) is 12.1. The van der Waals surface area contributed by atoms with Gasteiger partial charge in [0, 0.05) is 72.3 Å². The third-order valence-electron chi connectivity index (χ3n) is 4.79. The van der Waals surface area contributed by atoms with Crippen LogP contribution in [0.3, 0.4) is 0 Å². The van der Waals surface area contributed by atoms with Gasteiger partial charge in [-0.05, 0) is 18.6 Å². The van der Waals surface area contributed by atoms with Crippen LogP contribution in [0, 0.1) is 0 Å². The molecule has 8 heteroatoms.